The van der Waals surface area contributed by atoms with Gasteiger partial charge in [-0.3, -0.25) is 4.98 Å². The zero-order chi connectivity index (χ0) is 26.8. The van der Waals surface area contributed by atoms with Crippen molar-refractivity contribution in [1.82, 2.24) is 4.98 Å². The second-order valence-electron chi connectivity index (χ2n) is 10.6. The number of benzene rings is 3. The summed E-state index contributed by atoms with van der Waals surface area (Å²) in [5.74, 6) is 0. The Kier molecular flexibility index (Phi) is 4.67. The number of pyridine rings is 2. The molecule has 0 amide bonds. The molecule has 6 aromatic rings. The highest BCUT2D eigenvalue weighted by Crippen LogP contribution is 2.39. The highest BCUT2D eigenvalue weighted by atomic mass is 16.3. The molecule has 3 aromatic heterocycles. The zero-order valence-corrected chi connectivity index (χ0v) is 21.4. The van der Waals surface area contributed by atoms with Crippen LogP contribution in [0.4, 0.5) is 0 Å². The number of hydrogen-bond donors (Lipinski definition) is 0. The van der Waals surface area contributed by atoms with Crippen LogP contribution < -0.4 is 4.57 Å². The van der Waals surface area contributed by atoms with Gasteiger partial charge < -0.3 is 4.42 Å². The van der Waals surface area contributed by atoms with Crippen molar-refractivity contribution in [3.05, 3.63) is 96.3 Å². The van der Waals surface area contributed by atoms with E-state index in [-0.39, 0.29) is 0 Å². The standard InChI is InChI=1S/C33H31N2O/c1-21-10-14-27-26-15-12-23-8-6-7-9-25(23)31(26)36-32(27)30(21)29-17-13-24(20-35(29)5)28-16-11-22(19-34-28)18-33(2,3)4/h6-17,19-20H,18H2,1-5H3/q+1/i18D2. The van der Waals surface area contributed by atoms with Gasteiger partial charge in [-0.15, -0.1) is 0 Å². The fraction of sp³-hybridized carbons (Fsp3) is 0.212. The van der Waals surface area contributed by atoms with Crippen molar-refractivity contribution in [2.75, 3.05) is 0 Å². The van der Waals surface area contributed by atoms with Crippen molar-refractivity contribution < 1.29 is 11.7 Å². The normalized spacial score (nSPS) is 13.4. The monoisotopic (exact) mass is 473 g/mol. The molecule has 0 N–H and O–H groups in total. The molecule has 0 saturated carbocycles. The Morgan fingerprint density at radius 2 is 1.64 bits per heavy atom. The molecule has 0 aliphatic heterocycles. The van der Waals surface area contributed by atoms with E-state index < -0.39 is 11.8 Å². The minimum Gasteiger partial charge on any atom is -0.454 e. The third kappa shape index (κ3) is 3.85. The summed E-state index contributed by atoms with van der Waals surface area (Å²) in [6, 6.07) is 24.9. The highest BCUT2D eigenvalue weighted by molar-refractivity contribution is 6.17. The molecular formula is C33H31N2O+. The van der Waals surface area contributed by atoms with Crippen LogP contribution in [0, 0.1) is 12.3 Å². The largest absolute Gasteiger partial charge is 0.454 e. The summed E-state index contributed by atoms with van der Waals surface area (Å²) in [6.45, 7) is 7.85. The maximum Gasteiger partial charge on any atom is 0.216 e. The van der Waals surface area contributed by atoms with Gasteiger partial charge in [0.05, 0.1) is 16.8 Å². The Morgan fingerprint density at radius 1 is 0.861 bits per heavy atom. The lowest BCUT2D eigenvalue weighted by Crippen LogP contribution is -2.31. The molecule has 3 nitrogen and oxygen atoms in total. The average molecular weight is 474 g/mol. The van der Waals surface area contributed by atoms with E-state index in [1.165, 1.54) is 5.39 Å². The second-order valence-corrected chi connectivity index (χ2v) is 10.6. The molecular weight excluding hydrogens is 440 g/mol. The summed E-state index contributed by atoms with van der Waals surface area (Å²) in [4.78, 5) is 4.63. The topological polar surface area (TPSA) is 29.9 Å². The quantitative estimate of drug-likeness (QED) is 0.243. The average Bonchev–Trinajstić information content (AvgIpc) is 3.27. The maximum atomic E-state index is 8.54. The number of furan rings is 1. The van der Waals surface area contributed by atoms with Crippen molar-refractivity contribution >= 4 is 32.7 Å². The predicted octanol–water partition coefficient (Wildman–Crippen LogP) is 8.19. The van der Waals surface area contributed by atoms with E-state index in [1.54, 1.807) is 6.20 Å². The van der Waals surface area contributed by atoms with Crippen LogP contribution in [0.3, 0.4) is 0 Å². The fourth-order valence-electron chi connectivity index (χ4n) is 5.07. The van der Waals surface area contributed by atoms with Crippen molar-refractivity contribution in [1.29, 1.82) is 0 Å². The van der Waals surface area contributed by atoms with Crippen LogP contribution >= 0.6 is 0 Å². The van der Waals surface area contributed by atoms with E-state index in [0.717, 1.165) is 55.4 Å². The van der Waals surface area contributed by atoms with Crippen LogP contribution in [0.1, 0.15) is 34.6 Å². The lowest BCUT2D eigenvalue weighted by molar-refractivity contribution is -0.659. The molecule has 0 atom stereocenters. The van der Waals surface area contributed by atoms with Gasteiger partial charge in [-0.05, 0) is 53.4 Å². The minimum absolute atomic E-state index is 0.522. The zero-order valence-electron chi connectivity index (χ0n) is 23.4. The fourth-order valence-corrected chi connectivity index (χ4v) is 5.07. The van der Waals surface area contributed by atoms with Crippen LogP contribution in [0.2, 0.25) is 0 Å². The first-order chi connectivity index (χ1) is 18.1. The number of rotatable bonds is 3. The van der Waals surface area contributed by atoms with Gasteiger partial charge >= 0.3 is 0 Å². The smallest absolute Gasteiger partial charge is 0.216 e. The van der Waals surface area contributed by atoms with Gasteiger partial charge in [-0.2, -0.15) is 0 Å². The summed E-state index contributed by atoms with van der Waals surface area (Å²) in [7, 11) is 2.04. The first-order valence-electron chi connectivity index (χ1n) is 13.4. The molecule has 3 heteroatoms. The molecule has 0 radical (unpaired) electrons. The van der Waals surface area contributed by atoms with Gasteiger partial charge in [0.25, 0.3) is 0 Å². The third-order valence-corrected chi connectivity index (χ3v) is 6.71. The van der Waals surface area contributed by atoms with Crippen LogP contribution in [0.5, 0.6) is 0 Å². The SMILES string of the molecule is [2H]C([2H])(c1ccc(-c2ccc(-c3c(C)ccc4c3oc3c5ccccc5ccc43)[n+](C)c2)nc1)C(C)(C)C. The Morgan fingerprint density at radius 3 is 2.39 bits per heavy atom. The molecule has 0 fully saturated rings. The molecule has 0 spiro atoms. The Labute approximate surface area is 214 Å². The Hall–Kier alpha value is -3.98. The molecule has 36 heavy (non-hydrogen) atoms. The van der Waals surface area contributed by atoms with Gasteiger partial charge in [0, 0.05) is 31.2 Å². The first kappa shape index (κ1) is 20.2. The number of hydrogen-bond acceptors (Lipinski definition) is 2. The van der Waals surface area contributed by atoms with E-state index in [2.05, 4.69) is 83.3 Å². The molecule has 0 aliphatic carbocycles. The van der Waals surface area contributed by atoms with Gasteiger partial charge in [-0.1, -0.05) is 69.3 Å². The summed E-state index contributed by atoms with van der Waals surface area (Å²) >= 11 is 0. The number of fused-ring (bicyclic) bond motifs is 5. The number of nitrogens with zero attached hydrogens (tertiary/aromatic N) is 2. The number of aromatic nitrogens is 2. The first-order valence-corrected chi connectivity index (χ1v) is 12.4. The van der Waals surface area contributed by atoms with Crippen molar-refractivity contribution in [3.63, 3.8) is 0 Å². The Bertz CT molecular complexity index is 1840. The molecule has 0 unspecified atom stereocenters. The minimum atomic E-state index is -1.47. The lowest BCUT2D eigenvalue weighted by atomic mass is 9.89. The molecule has 0 saturated heterocycles. The van der Waals surface area contributed by atoms with E-state index in [9.17, 15) is 0 Å². The molecule has 6 rings (SSSR count). The summed E-state index contributed by atoms with van der Waals surface area (Å²) in [6.07, 6.45) is 2.27. The van der Waals surface area contributed by atoms with Gasteiger partial charge in [-0.25, -0.2) is 4.57 Å². The van der Waals surface area contributed by atoms with Gasteiger partial charge in [0.2, 0.25) is 5.69 Å². The number of aryl methyl sites for hydroxylation is 2. The molecule has 0 aliphatic rings. The summed E-state index contributed by atoms with van der Waals surface area (Å²) in [5, 5.41) is 4.52. The van der Waals surface area contributed by atoms with Gasteiger partial charge in [0.1, 0.15) is 18.2 Å². The maximum absolute atomic E-state index is 8.54. The summed E-state index contributed by atoms with van der Waals surface area (Å²) < 4.78 is 25.8. The molecule has 3 aromatic carbocycles. The van der Waals surface area contributed by atoms with Crippen molar-refractivity contribution in [2.24, 2.45) is 12.5 Å². The molecule has 178 valence electrons. The van der Waals surface area contributed by atoms with E-state index >= 15 is 0 Å². The summed E-state index contributed by atoms with van der Waals surface area (Å²) in [5.41, 5.74) is 6.96. The highest BCUT2D eigenvalue weighted by Gasteiger charge is 2.22. The van der Waals surface area contributed by atoms with Gasteiger partial charge in [0.15, 0.2) is 6.20 Å². The predicted molar refractivity (Wildman–Crippen MR) is 149 cm³/mol. The van der Waals surface area contributed by atoms with E-state index in [1.807, 2.05) is 40.0 Å². The van der Waals surface area contributed by atoms with Crippen molar-refractivity contribution in [3.8, 4) is 22.5 Å². The molecule has 3 heterocycles. The Balaban J connectivity index is 1.45. The van der Waals surface area contributed by atoms with Crippen LogP contribution in [0.25, 0.3) is 55.2 Å². The van der Waals surface area contributed by atoms with Crippen molar-refractivity contribution in [2.45, 2.75) is 34.1 Å². The third-order valence-electron chi connectivity index (χ3n) is 6.71. The van der Waals surface area contributed by atoms with E-state index in [4.69, 9.17) is 7.16 Å². The van der Waals surface area contributed by atoms with Crippen LogP contribution in [0.15, 0.2) is 89.6 Å². The van der Waals surface area contributed by atoms with E-state index in [0.29, 0.717) is 5.56 Å². The van der Waals surface area contributed by atoms with Crippen LogP contribution in [-0.2, 0) is 13.4 Å². The molecule has 0 bridgehead atoms. The second kappa shape index (κ2) is 8.30. The lowest BCUT2D eigenvalue weighted by Gasteiger charge is -2.17. The van der Waals surface area contributed by atoms with Crippen LogP contribution in [-0.4, -0.2) is 4.98 Å².